The highest BCUT2D eigenvalue weighted by Crippen LogP contribution is 2.26. The largest absolute Gasteiger partial charge is 0.367 e. The van der Waals surface area contributed by atoms with Crippen LogP contribution in [0.15, 0.2) is 47.5 Å². The Balaban J connectivity index is 1.50. The van der Waals surface area contributed by atoms with E-state index >= 15 is 0 Å². The molecule has 25 heavy (non-hydrogen) atoms. The molecule has 0 spiro atoms. The average Bonchev–Trinajstić information content (AvgIpc) is 3.06. The van der Waals surface area contributed by atoms with Crippen molar-refractivity contribution >= 4 is 61.0 Å². The fraction of sp³-hybridized carbons (Fsp3) is 0.176. The molecule has 3 rings (SSSR count). The van der Waals surface area contributed by atoms with Crippen molar-refractivity contribution in [2.75, 3.05) is 5.75 Å². The monoisotopic (exact) mass is 434 g/mol. The molecule has 128 valence electrons. The second-order valence-electron chi connectivity index (χ2n) is 5.24. The lowest BCUT2D eigenvalue weighted by molar-refractivity contribution is 0.0991. The lowest BCUT2D eigenvalue weighted by Gasteiger charge is -2.07. The second-order valence-corrected chi connectivity index (χ2v) is 7.87. The topological polar surface area (TPSA) is 70.7 Å². The standard InChI is InChI=1S/C17H15BrN4OS2/c18-13-3-6-20-16-15(13)12(10-21-16)14(23)4-7-25-17(24)22-9-11-2-1-5-19-8-11/h1-3,5-6,8,10H,4,7,9H2,(H,20,21)(H,22,24). The summed E-state index contributed by atoms with van der Waals surface area (Å²) in [5.74, 6) is 0.699. The number of nitrogens with zero attached hydrogens (tertiary/aromatic N) is 2. The maximum absolute atomic E-state index is 12.5. The molecule has 0 fully saturated rings. The molecule has 0 aliphatic heterocycles. The number of hydrogen-bond donors (Lipinski definition) is 2. The molecule has 3 heterocycles. The molecule has 0 atom stereocenters. The first-order valence-corrected chi connectivity index (χ1v) is 9.78. The number of Topliss-reactive ketones (excluding diaryl/α,β-unsaturated/α-hetero) is 1. The van der Waals surface area contributed by atoms with Gasteiger partial charge in [-0.1, -0.05) is 30.0 Å². The van der Waals surface area contributed by atoms with Crippen LogP contribution >= 0.6 is 39.9 Å². The minimum atomic E-state index is 0.0718. The number of fused-ring (bicyclic) bond motifs is 1. The van der Waals surface area contributed by atoms with Gasteiger partial charge in [0.15, 0.2) is 5.78 Å². The minimum Gasteiger partial charge on any atom is -0.367 e. The van der Waals surface area contributed by atoms with E-state index in [2.05, 4.69) is 36.2 Å². The van der Waals surface area contributed by atoms with E-state index in [9.17, 15) is 4.79 Å². The molecule has 2 N–H and O–H groups in total. The number of thiocarbonyl (C=S) groups is 1. The summed E-state index contributed by atoms with van der Waals surface area (Å²) in [7, 11) is 0. The van der Waals surface area contributed by atoms with Gasteiger partial charge < -0.3 is 10.3 Å². The van der Waals surface area contributed by atoms with Gasteiger partial charge in [0.1, 0.15) is 9.97 Å². The van der Waals surface area contributed by atoms with Crippen LogP contribution in [0.3, 0.4) is 0 Å². The van der Waals surface area contributed by atoms with Crippen LogP contribution in [0.2, 0.25) is 0 Å². The van der Waals surface area contributed by atoms with E-state index in [-0.39, 0.29) is 5.78 Å². The van der Waals surface area contributed by atoms with Crippen molar-refractivity contribution in [2.24, 2.45) is 0 Å². The molecule has 0 unspecified atom stereocenters. The van der Waals surface area contributed by atoms with E-state index in [1.165, 1.54) is 11.8 Å². The summed E-state index contributed by atoms with van der Waals surface area (Å²) in [6.45, 7) is 0.634. The Hall–Kier alpha value is -1.77. The lowest BCUT2D eigenvalue weighted by atomic mass is 10.1. The number of hydrogen-bond acceptors (Lipinski definition) is 5. The van der Waals surface area contributed by atoms with Crippen LogP contribution in [-0.4, -0.2) is 30.8 Å². The predicted octanol–water partition coefficient (Wildman–Crippen LogP) is 4.10. The Morgan fingerprint density at radius 1 is 1.36 bits per heavy atom. The number of H-pyrrole nitrogens is 1. The molecule has 0 saturated carbocycles. The molecule has 0 aliphatic rings. The number of thioether (sulfide) groups is 1. The van der Waals surface area contributed by atoms with E-state index < -0.39 is 0 Å². The van der Waals surface area contributed by atoms with Crippen LogP contribution in [0.5, 0.6) is 0 Å². The van der Waals surface area contributed by atoms with Gasteiger partial charge in [-0.3, -0.25) is 9.78 Å². The first kappa shape index (κ1) is 18.0. The van der Waals surface area contributed by atoms with E-state index in [4.69, 9.17) is 12.2 Å². The number of pyridine rings is 2. The first-order valence-electron chi connectivity index (χ1n) is 7.59. The third kappa shape index (κ3) is 4.65. The molecular formula is C17H15BrN4OS2. The molecule has 0 bridgehead atoms. The van der Waals surface area contributed by atoms with Crippen molar-refractivity contribution in [3.63, 3.8) is 0 Å². The number of rotatable bonds is 6. The summed E-state index contributed by atoms with van der Waals surface area (Å²) in [5.41, 5.74) is 2.43. The third-order valence-corrected chi connectivity index (χ3v) is 5.52. The van der Waals surface area contributed by atoms with Gasteiger partial charge in [0.2, 0.25) is 0 Å². The van der Waals surface area contributed by atoms with Gasteiger partial charge in [0, 0.05) is 58.9 Å². The summed E-state index contributed by atoms with van der Waals surface area (Å²) in [5, 5.41) is 3.99. The maximum Gasteiger partial charge on any atom is 0.165 e. The number of ketones is 1. The second kappa shape index (κ2) is 8.55. The smallest absolute Gasteiger partial charge is 0.165 e. The SMILES string of the molecule is O=C(CCSC(=S)NCc1cccnc1)c1c[nH]c2nccc(Br)c12. The molecule has 8 heteroatoms. The molecule has 0 aromatic carbocycles. The highest BCUT2D eigenvalue weighted by molar-refractivity contribution is 9.10. The number of halogens is 1. The number of nitrogens with one attached hydrogen (secondary N) is 2. The Bertz CT molecular complexity index is 898. The summed E-state index contributed by atoms with van der Waals surface area (Å²) in [6.07, 6.45) is 7.36. The minimum absolute atomic E-state index is 0.0718. The Kier molecular flexibility index (Phi) is 6.17. The molecule has 5 nitrogen and oxygen atoms in total. The zero-order valence-corrected chi connectivity index (χ0v) is 16.4. The lowest BCUT2D eigenvalue weighted by Crippen LogP contribution is -2.18. The highest BCUT2D eigenvalue weighted by Gasteiger charge is 2.15. The molecule has 0 radical (unpaired) electrons. The summed E-state index contributed by atoms with van der Waals surface area (Å²) in [6, 6.07) is 5.71. The van der Waals surface area contributed by atoms with Crippen molar-refractivity contribution in [1.29, 1.82) is 0 Å². The summed E-state index contributed by atoms with van der Waals surface area (Å²) >= 11 is 10.2. The first-order chi connectivity index (χ1) is 12.1. The zero-order valence-electron chi connectivity index (χ0n) is 13.2. The molecule has 0 saturated heterocycles. The summed E-state index contributed by atoms with van der Waals surface area (Å²) in [4.78, 5) is 23.8. The van der Waals surface area contributed by atoms with E-state index in [1.807, 2.05) is 18.2 Å². The van der Waals surface area contributed by atoms with Crippen LogP contribution in [0.4, 0.5) is 0 Å². The molecule has 0 amide bonds. The molecule has 0 aliphatic carbocycles. The quantitative estimate of drug-likeness (QED) is 0.449. The van der Waals surface area contributed by atoms with Crippen molar-refractivity contribution in [3.8, 4) is 0 Å². The van der Waals surface area contributed by atoms with Gasteiger partial charge in [-0.05, 0) is 33.6 Å². The number of carbonyl (C=O) groups excluding carboxylic acids is 1. The van der Waals surface area contributed by atoms with Crippen LogP contribution < -0.4 is 5.32 Å². The third-order valence-electron chi connectivity index (χ3n) is 3.55. The Labute approximate surface area is 163 Å². The van der Waals surface area contributed by atoms with Crippen LogP contribution in [0.1, 0.15) is 22.3 Å². The van der Waals surface area contributed by atoms with Crippen LogP contribution in [0, 0.1) is 0 Å². The van der Waals surface area contributed by atoms with Crippen LogP contribution in [-0.2, 0) is 6.54 Å². The molecule has 3 aromatic heterocycles. The average molecular weight is 435 g/mol. The van der Waals surface area contributed by atoms with Gasteiger partial charge in [-0.15, -0.1) is 0 Å². The van der Waals surface area contributed by atoms with E-state index in [1.54, 1.807) is 24.8 Å². The Morgan fingerprint density at radius 2 is 2.24 bits per heavy atom. The van der Waals surface area contributed by atoms with Crippen LogP contribution in [0.25, 0.3) is 11.0 Å². The van der Waals surface area contributed by atoms with Crippen molar-refractivity contribution in [2.45, 2.75) is 13.0 Å². The number of aromatic nitrogens is 3. The highest BCUT2D eigenvalue weighted by atomic mass is 79.9. The number of aromatic amines is 1. The van der Waals surface area contributed by atoms with Crippen molar-refractivity contribution in [3.05, 3.63) is 58.6 Å². The van der Waals surface area contributed by atoms with Gasteiger partial charge in [0.25, 0.3) is 0 Å². The fourth-order valence-corrected chi connectivity index (χ4v) is 3.82. The number of carbonyl (C=O) groups is 1. The van der Waals surface area contributed by atoms with Gasteiger partial charge in [-0.2, -0.15) is 0 Å². The van der Waals surface area contributed by atoms with Crippen molar-refractivity contribution < 1.29 is 4.79 Å². The van der Waals surface area contributed by atoms with E-state index in [0.29, 0.717) is 34.2 Å². The van der Waals surface area contributed by atoms with Gasteiger partial charge in [-0.25, -0.2) is 4.98 Å². The molecular weight excluding hydrogens is 420 g/mol. The van der Waals surface area contributed by atoms with Gasteiger partial charge in [0.05, 0.1) is 0 Å². The summed E-state index contributed by atoms with van der Waals surface area (Å²) < 4.78 is 1.54. The zero-order chi connectivity index (χ0) is 17.6. The predicted molar refractivity (Wildman–Crippen MR) is 109 cm³/mol. The van der Waals surface area contributed by atoms with Crippen molar-refractivity contribution in [1.82, 2.24) is 20.3 Å². The maximum atomic E-state index is 12.5. The van der Waals surface area contributed by atoms with Gasteiger partial charge >= 0.3 is 0 Å². The normalized spacial score (nSPS) is 10.8. The Morgan fingerprint density at radius 3 is 3.04 bits per heavy atom. The molecule has 3 aromatic rings. The fourth-order valence-electron chi connectivity index (χ4n) is 2.34. The van der Waals surface area contributed by atoms with E-state index in [0.717, 1.165) is 15.4 Å².